The molecule has 3 unspecified atom stereocenters. The van der Waals surface area contributed by atoms with Gasteiger partial charge in [-0.15, -0.1) is 0 Å². The lowest BCUT2D eigenvalue weighted by Crippen LogP contribution is -2.52. The molecule has 2 heterocycles. The van der Waals surface area contributed by atoms with Gasteiger partial charge in [-0.05, 0) is 25.8 Å². The maximum atomic E-state index is 12.1. The SMILES string of the molecule is CC(=O)NC(CS)C(=O)NC1CCN2CCCC12. The van der Waals surface area contributed by atoms with Gasteiger partial charge in [0.15, 0.2) is 0 Å². The van der Waals surface area contributed by atoms with E-state index in [1.807, 2.05) is 0 Å². The van der Waals surface area contributed by atoms with Gasteiger partial charge in [0.25, 0.3) is 0 Å². The highest BCUT2D eigenvalue weighted by atomic mass is 32.1. The Morgan fingerprint density at radius 3 is 2.83 bits per heavy atom. The van der Waals surface area contributed by atoms with Crippen LogP contribution in [-0.2, 0) is 9.59 Å². The Morgan fingerprint density at radius 1 is 1.39 bits per heavy atom. The normalized spacial score (nSPS) is 28.8. The van der Waals surface area contributed by atoms with Crippen molar-refractivity contribution in [2.75, 3.05) is 18.8 Å². The molecule has 2 aliphatic rings. The topological polar surface area (TPSA) is 61.4 Å². The van der Waals surface area contributed by atoms with Crippen molar-refractivity contribution in [3.63, 3.8) is 0 Å². The van der Waals surface area contributed by atoms with Gasteiger partial charge in [-0.2, -0.15) is 12.6 Å². The third kappa shape index (κ3) is 2.98. The van der Waals surface area contributed by atoms with Crippen molar-refractivity contribution in [3.05, 3.63) is 0 Å². The number of thiol groups is 1. The van der Waals surface area contributed by atoms with Crippen molar-refractivity contribution in [2.24, 2.45) is 0 Å². The molecule has 0 aromatic heterocycles. The molecule has 0 saturated carbocycles. The Hall–Kier alpha value is -0.750. The highest BCUT2D eigenvalue weighted by molar-refractivity contribution is 7.80. The van der Waals surface area contributed by atoms with E-state index in [0.717, 1.165) is 25.9 Å². The van der Waals surface area contributed by atoms with E-state index in [2.05, 4.69) is 28.2 Å². The average Bonchev–Trinajstić information content (AvgIpc) is 2.90. The van der Waals surface area contributed by atoms with Crippen LogP contribution in [0.15, 0.2) is 0 Å². The van der Waals surface area contributed by atoms with Gasteiger partial charge in [-0.3, -0.25) is 14.5 Å². The van der Waals surface area contributed by atoms with Crippen molar-refractivity contribution in [1.29, 1.82) is 0 Å². The largest absolute Gasteiger partial charge is 0.350 e. The fraction of sp³-hybridized carbons (Fsp3) is 0.833. The lowest BCUT2D eigenvalue weighted by atomic mass is 10.1. The first-order valence-electron chi connectivity index (χ1n) is 6.54. The highest BCUT2D eigenvalue weighted by Gasteiger charge is 2.38. The molecule has 5 nitrogen and oxygen atoms in total. The fourth-order valence-corrected chi connectivity index (χ4v) is 3.23. The third-order valence-corrected chi connectivity index (χ3v) is 4.18. The summed E-state index contributed by atoms with van der Waals surface area (Å²) in [4.78, 5) is 25.5. The molecule has 0 aromatic carbocycles. The molecule has 6 heteroatoms. The lowest BCUT2D eigenvalue weighted by molar-refractivity contribution is -0.128. The number of carbonyl (C=O) groups excluding carboxylic acids is 2. The van der Waals surface area contributed by atoms with Crippen LogP contribution in [0.25, 0.3) is 0 Å². The zero-order chi connectivity index (χ0) is 13.1. The van der Waals surface area contributed by atoms with Crippen LogP contribution in [0.3, 0.4) is 0 Å². The quantitative estimate of drug-likeness (QED) is 0.619. The van der Waals surface area contributed by atoms with Crippen LogP contribution >= 0.6 is 12.6 Å². The van der Waals surface area contributed by atoms with E-state index in [-0.39, 0.29) is 17.9 Å². The van der Waals surface area contributed by atoms with E-state index in [0.29, 0.717) is 11.8 Å². The Balaban J connectivity index is 1.88. The summed E-state index contributed by atoms with van der Waals surface area (Å²) in [5.41, 5.74) is 0. The van der Waals surface area contributed by atoms with E-state index >= 15 is 0 Å². The van der Waals surface area contributed by atoms with Gasteiger partial charge in [0.1, 0.15) is 6.04 Å². The first-order chi connectivity index (χ1) is 8.61. The summed E-state index contributed by atoms with van der Waals surface area (Å²) < 4.78 is 0. The number of hydrogen-bond acceptors (Lipinski definition) is 4. The maximum Gasteiger partial charge on any atom is 0.243 e. The number of amides is 2. The minimum Gasteiger partial charge on any atom is -0.350 e. The smallest absolute Gasteiger partial charge is 0.243 e. The van der Waals surface area contributed by atoms with Crippen LogP contribution < -0.4 is 10.6 Å². The summed E-state index contributed by atoms with van der Waals surface area (Å²) in [7, 11) is 0. The molecule has 0 bridgehead atoms. The zero-order valence-corrected chi connectivity index (χ0v) is 11.6. The van der Waals surface area contributed by atoms with Crippen molar-refractivity contribution >= 4 is 24.4 Å². The molecule has 2 aliphatic heterocycles. The molecule has 18 heavy (non-hydrogen) atoms. The van der Waals surface area contributed by atoms with Crippen molar-refractivity contribution in [1.82, 2.24) is 15.5 Å². The van der Waals surface area contributed by atoms with E-state index in [1.165, 1.54) is 13.3 Å². The number of rotatable bonds is 4. The number of carbonyl (C=O) groups is 2. The van der Waals surface area contributed by atoms with E-state index in [1.54, 1.807) is 0 Å². The number of nitrogens with one attached hydrogen (secondary N) is 2. The summed E-state index contributed by atoms with van der Waals surface area (Å²) in [6, 6.07) is 0.198. The van der Waals surface area contributed by atoms with Crippen LogP contribution in [0.4, 0.5) is 0 Å². The van der Waals surface area contributed by atoms with Gasteiger partial charge in [0, 0.05) is 31.3 Å². The molecule has 0 radical (unpaired) electrons. The van der Waals surface area contributed by atoms with Gasteiger partial charge in [0.2, 0.25) is 11.8 Å². The van der Waals surface area contributed by atoms with Crippen LogP contribution in [0.5, 0.6) is 0 Å². The zero-order valence-electron chi connectivity index (χ0n) is 10.7. The van der Waals surface area contributed by atoms with Crippen molar-refractivity contribution in [3.8, 4) is 0 Å². The highest BCUT2D eigenvalue weighted by Crippen LogP contribution is 2.27. The minimum absolute atomic E-state index is 0.112. The predicted molar refractivity (Wildman–Crippen MR) is 72.6 cm³/mol. The summed E-state index contributed by atoms with van der Waals surface area (Å²) in [5.74, 6) is 0.0176. The average molecular weight is 271 g/mol. The van der Waals surface area contributed by atoms with Crippen LogP contribution in [0, 0.1) is 0 Å². The number of nitrogens with zero attached hydrogens (tertiary/aromatic N) is 1. The molecular weight excluding hydrogens is 250 g/mol. The maximum absolute atomic E-state index is 12.1. The summed E-state index contributed by atoms with van der Waals surface area (Å²) in [5, 5.41) is 5.68. The standard InChI is InChI=1S/C12H21N3O2S/c1-8(16)13-10(7-18)12(17)14-9-4-6-15-5-2-3-11(9)15/h9-11,18H,2-7H2,1H3,(H,13,16)(H,14,17). The molecule has 0 aromatic rings. The van der Waals surface area contributed by atoms with E-state index in [4.69, 9.17) is 0 Å². The molecule has 2 amide bonds. The third-order valence-electron chi connectivity index (χ3n) is 3.81. The second kappa shape index (κ2) is 5.93. The van der Waals surface area contributed by atoms with Gasteiger partial charge in [-0.1, -0.05) is 0 Å². The Kier molecular flexibility index (Phi) is 4.50. The molecular formula is C12H21N3O2S. The summed E-state index contributed by atoms with van der Waals surface area (Å²) in [6.45, 7) is 3.64. The lowest BCUT2D eigenvalue weighted by Gasteiger charge is -2.23. The van der Waals surface area contributed by atoms with Crippen LogP contribution in [0.2, 0.25) is 0 Å². The number of hydrogen-bond donors (Lipinski definition) is 3. The van der Waals surface area contributed by atoms with E-state index in [9.17, 15) is 9.59 Å². The van der Waals surface area contributed by atoms with E-state index < -0.39 is 6.04 Å². The van der Waals surface area contributed by atoms with Crippen LogP contribution in [-0.4, -0.2) is 53.7 Å². The minimum atomic E-state index is -0.527. The summed E-state index contributed by atoms with van der Waals surface area (Å²) in [6.07, 6.45) is 3.39. The van der Waals surface area contributed by atoms with Crippen molar-refractivity contribution in [2.45, 2.75) is 44.3 Å². The van der Waals surface area contributed by atoms with Gasteiger partial charge in [-0.25, -0.2) is 0 Å². The first kappa shape index (κ1) is 13.7. The number of fused-ring (bicyclic) bond motifs is 1. The van der Waals surface area contributed by atoms with Gasteiger partial charge in [0.05, 0.1) is 0 Å². The fourth-order valence-electron chi connectivity index (χ4n) is 2.97. The first-order valence-corrected chi connectivity index (χ1v) is 7.17. The van der Waals surface area contributed by atoms with Gasteiger partial charge >= 0.3 is 0 Å². The van der Waals surface area contributed by atoms with Crippen LogP contribution in [0.1, 0.15) is 26.2 Å². The summed E-state index contributed by atoms with van der Waals surface area (Å²) >= 11 is 4.12. The monoisotopic (exact) mass is 271 g/mol. The molecule has 0 aliphatic carbocycles. The Bertz CT molecular complexity index is 337. The second-order valence-corrected chi connectivity index (χ2v) is 5.45. The molecule has 0 spiro atoms. The molecule has 2 fully saturated rings. The predicted octanol–water partition coefficient (Wildman–Crippen LogP) is -0.226. The molecule has 3 atom stereocenters. The molecule has 2 rings (SSSR count). The van der Waals surface area contributed by atoms with Gasteiger partial charge < -0.3 is 10.6 Å². The second-order valence-electron chi connectivity index (χ2n) is 5.08. The molecule has 2 N–H and O–H groups in total. The Labute approximate surface area is 113 Å². The molecule has 102 valence electrons. The van der Waals surface area contributed by atoms with Crippen molar-refractivity contribution < 1.29 is 9.59 Å². The molecule has 2 saturated heterocycles. The Morgan fingerprint density at radius 2 is 2.17 bits per heavy atom.